The van der Waals surface area contributed by atoms with Crippen LogP contribution >= 0.6 is 23.2 Å². The van der Waals surface area contributed by atoms with E-state index in [4.69, 9.17) is 37.7 Å². The summed E-state index contributed by atoms with van der Waals surface area (Å²) in [5, 5.41) is 17.9. The maximum atomic E-state index is 13.2. The molecule has 0 spiro atoms. The second kappa shape index (κ2) is 13.5. The molecule has 0 aliphatic carbocycles. The van der Waals surface area contributed by atoms with Crippen molar-refractivity contribution in [3.8, 4) is 28.3 Å². The average Bonchev–Trinajstić information content (AvgIpc) is 3.07. The number of pyridine rings is 2. The lowest BCUT2D eigenvalue weighted by Crippen LogP contribution is -2.46. The number of aliphatic hydroxyl groups is 1. The molecule has 11 nitrogen and oxygen atoms in total. The van der Waals surface area contributed by atoms with Crippen molar-refractivity contribution >= 4 is 45.6 Å². The summed E-state index contributed by atoms with van der Waals surface area (Å²) in [5.41, 5.74) is 4.18. The van der Waals surface area contributed by atoms with Gasteiger partial charge in [-0.25, -0.2) is 14.8 Å². The van der Waals surface area contributed by atoms with Gasteiger partial charge in [-0.2, -0.15) is 0 Å². The normalized spacial score (nSPS) is 16.4. The molecule has 5 aromatic rings. The quantitative estimate of drug-likeness (QED) is 0.208. The Bertz CT molecular complexity index is 2110. The highest BCUT2D eigenvalue weighted by atomic mass is 35.5. The Kier molecular flexibility index (Phi) is 9.36. The van der Waals surface area contributed by atoms with Crippen LogP contribution < -0.4 is 26.6 Å². The third-order valence-electron chi connectivity index (χ3n) is 8.41. The number of aromatic nitrogens is 4. The molecule has 13 heteroatoms. The summed E-state index contributed by atoms with van der Waals surface area (Å²) >= 11 is 14.0. The molecule has 1 saturated heterocycles. The molecule has 244 valence electrons. The zero-order chi connectivity index (χ0) is 33.4. The summed E-state index contributed by atoms with van der Waals surface area (Å²) in [5.74, 6) is 0.732. The van der Waals surface area contributed by atoms with Gasteiger partial charge in [-0.15, -0.1) is 0 Å². The van der Waals surface area contributed by atoms with Crippen LogP contribution in [-0.2, 0) is 25.4 Å². The minimum Gasteiger partial charge on any atom is -0.481 e. The summed E-state index contributed by atoms with van der Waals surface area (Å²) in [6, 6.07) is 16.5. The summed E-state index contributed by atoms with van der Waals surface area (Å²) in [4.78, 5) is 35.1. The van der Waals surface area contributed by atoms with E-state index >= 15 is 0 Å². The minimum atomic E-state index is -0.570. The van der Waals surface area contributed by atoms with E-state index in [-0.39, 0.29) is 17.2 Å². The molecule has 3 N–H and O–H groups in total. The van der Waals surface area contributed by atoms with Crippen LogP contribution in [-0.4, -0.2) is 56.7 Å². The van der Waals surface area contributed by atoms with E-state index in [0.717, 1.165) is 10.1 Å². The van der Waals surface area contributed by atoms with Crippen LogP contribution in [0.1, 0.15) is 17.7 Å². The molecule has 1 aliphatic heterocycles. The number of nitrogens with one attached hydrogen (secondary N) is 2. The van der Waals surface area contributed by atoms with Gasteiger partial charge in [0.05, 0.1) is 46.8 Å². The molecule has 2 aromatic carbocycles. The number of ether oxygens (including phenoxy) is 2. The Morgan fingerprint density at radius 2 is 1.72 bits per heavy atom. The summed E-state index contributed by atoms with van der Waals surface area (Å²) in [6.45, 7) is 3.17. The van der Waals surface area contributed by atoms with Gasteiger partial charge in [-0.1, -0.05) is 59.6 Å². The number of rotatable bonds is 8. The topological polar surface area (TPSA) is 133 Å². The molecule has 0 unspecified atom stereocenters. The van der Waals surface area contributed by atoms with Crippen LogP contribution in [0.5, 0.6) is 5.88 Å². The van der Waals surface area contributed by atoms with E-state index in [1.807, 2.05) is 42.5 Å². The van der Waals surface area contributed by atoms with Crippen LogP contribution in [0.3, 0.4) is 0 Å². The lowest BCUT2D eigenvalue weighted by Gasteiger charge is -2.28. The van der Waals surface area contributed by atoms with Crippen molar-refractivity contribution in [3.05, 3.63) is 96.7 Å². The van der Waals surface area contributed by atoms with E-state index in [1.165, 1.54) is 11.6 Å². The fraction of sp³-hybridized carbons (Fsp3) is 0.294. The maximum Gasteiger partial charge on any atom is 0.330 e. The molecule has 2 atom stereocenters. The van der Waals surface area contributed by atoms with Crippen LogP contribution in [0.4, 0.5) is 11.5 Å². The smallest absolute Gasteiger partial charge is 0.330 e. The highest BCUT2D eigenvalue weighted by molar-refractivity contribution is 6.39. The number of fused-ring (bicyclic) bond motifs is 1. The zero-order valence-electron chi connectivity index (χ0n) is 26.3. The fourth-order valence-electron chi connectivity index (χ4n) is 5.84. The van der Waals surface area contributed by atoms with Crippen molar-refractivity contribution in [2.75, 3.05) is 25.6 Å². The van der Waals surface area contributed by atoms with Crippen molar-refractivity contribution in [2.45, 2.75) is 32.0 Å². The zero-order valence-corrected chi connectivity index (χ0v) is 27.8. The van der Waals surface area contributed by atoms with Gasteiger partial charge in [-0.05, 0) is 31.5 Å². The lowest BCUT2D eigenvalue weighted by molar-refractivity contribution is -0.0281. The molecule has 6 rings (SSSR count). The molecular weight excluding hydrogens is 643 g/mol. The van der Waals surface area contributed by atoms with E-state index < -0.39 is 17.4 Å². The maximum absolute atomic E-state index is 13.2. The Hall–Kier alpha value is -4.26. The first-order chi connectivity index (χ1) is 22.6. The highest BCUT2D eigenvalue weighted by Crippen LogP contribution is 2.42. The van der Waals surface area contributed by atoms with Crippen molar-refractivity contribution in [1.82, 2.24) is 24.4 Å². The number of anilines is 2. The fourth-order valence-corrected chi connectivity index (χ4v) is 6.44. The summed E-state index contributed by atoms with van der Waals surface area (Å²) < 4.78 is 13.4. The number of methoxy groups -OCH3 is 1. The number of benzene rings is 2. The second-order valence-corrected chi connectivity index (χ2v) is 12.2. The minimum absolute atomic E-state index is 0.0752. The highest BCUT2D eigenvalue weighted by Gasteiger charge is 2.24. The molecule has 3 aromatic heterocycles. The van der Waals surface area contributed by atoms with Gasteiger partial charge in [0, 0.05) is 61.2 Å². The Morgan fingerprint density at radius 1 is 1.00 bits per heavy atom. The van der Waals surface area contributed by atoms with Gasteiger partial charge in [0.2, 0.25) is 5.88 Å². The monoisotopic (exact) mass is 676 g/mol. The van der Waals surface area contributed by atoms with Crippen molar-refractivity contribution in [3.63, 3.8) is 0 Å². The van der Waals surface area contributed by atoms with Gasteiger partial charge < -0.3 is 25.2 Å². The predicted octanol–water partition coefficient (Wildman–Crippen LogP) is 4.97. The molecule has 0 radical (unpaired) electrons. The third-order valence-corrected chi connectivity index (χ3v) is 9.22. The molecule has 47 heavy (non-hydrogen) atoms. The molecule has 1 fully saturated rings. The predicted molar refractivity (Wildman–Crippen MR) is 184 cm³/mol. The Balaban J connectivity index is 1.34. The number of hydrogen-bond donors (Lipinski definition) is 3. The van der Waals surface area contributed by atoms with Gasteiger partial charge in [0.1, 0.15) is 11.2 Å². The Labute approximate surface area is 280 Å². The third kappa shape index (κ3) is 6.24. The van der Waals surface area contributed by atoms with Crippen LogP contribution in [0.15, 0.2) is 64.2 Å². The number of aliphatic hydroxyl groups excluding tert-OH is 1. The summed E-state index contributed by atoms with van der Waals surface area (Å²) in [6.07, 6.45) is 0.146. The second-order valence-electron chi connectivity index (χ2n) is 11.5. The lowest BCUT2D eigenvalue weighted by atomic mass is 10.00. The number of halogens is 2. The van der Waals surface area contributed by atoms with Gasteiger partial charge >= 0.3 is 5.69 Å². The number of nitrogens with zero attached hydrogens (tertiary/aromatic N) is 4. The molecule has 1 aliphatic rings. The van der Waals surface area contributed by atoms with Crippen molar-refractivity contribution in [1.29, 1.82) is 0 Å². The summed E-state index contributed by atoms with van der Waals surface area (Å²) in [7, 11) is 4.62. The van der Waals surface area contributed by atoms with Crippen LogP contribution in [0.25, 0.3) is 33.3 Å². The Morgan fingerprint density at radius 3 is 2.47 bits per heavy atom. The van der Waals surface area contributed by atoms with Gasteiger partial charge in [0.25, 0.3) is 5.56 Å². The van der Waals surface area contributed by atoms with Crippen LogP contribution in [0, 0.1) is 6.92 Å². The number of hydrogen-bond acceptors (Lipinski definition) is 9. The first-order valence-corrected chi connectivity index (χ1v) is 15.8. The molecule has 4 heterocycles. The van der Waals surface area contributed by atoms with E-state index in [2.05, 4.69) is 15.6 Å². The SMILES string of the molecule is COc1nc(-c2cccc(-c3cccc(Nc4nc(C)cc5c4c(=O)n(C)c(=O)n5C)c3Cl)c2Cl)ccc1CN[C@@H]1CCOC[C@H]1O. The first kappa shape index (κ1) is 32.7. The number of aryl methyl sites for hydroxylation is 2. The average molecular weight is 678 g/mol. The van der Waals surface area contributed by atoms with Crippen molar-refractivity contribution in [2.24, 2.45) is 14.1 Å². The first-order valence-electron chi connectivity index (χ1n) is 15.0. The molecule has 0 saturated carbocycles. The standard InChI is InChI=1S/C34H34Cl2N6O5/c1-18-15-26-28(33(44)42(3)34(45)41(26)2)31(38-18)39-25-10-6-8-21(30(25)36)20-7-5-9-22(29(20)35)23-12-11-19(32(40-23)46-4)16-37-24-13-14-47-17-27(24)43/h5-12,15,24,27,37,43H,13-14,16-17H2,1-4H3,(H,38,39)/t24-,27-/m1/s1. The van der Waals surface area contributed by atoms with E-state index in [1.54, 1.807) is 33.2 Å². The van der Waals surface area contributed by atoms with E-state index in [0.29, 0.717) is 81.4 Å². The van der Waals surface area contributed by atoms with Gasteiger partial charge in [0.15, 0.2) is 0 Å². The molecule has 0 amide bonds. The van der Waals surface area contributed by atoms with E-state index in [9.17, 15) is 14.7 Å². The van der Waals surface area contributed by atoms with Gasteiger partial charge in [-0.3, -0.25) is 13.9 Å². The largest absolute Gasteiger partial charge is 0.481 e. The van der Waals surface area contributed by atoms with Crippen LogP contribution in [0.2, 0.25) is 10.0 Å². The molecular formula is C34H34Cl2N6O5. The van der Waals surface area contributed by atoms with Crippen molar-refractivity contribution < 1.29 is 14.6 Å². The molecule has 0 bridgehead atoms.